The summed E-state index contributed by atoms with van der Waals surface area (Å²) in [5, 5.41) is 20.1. The van der Waals surface area contributed by atoms with E-state index in [2.05, 4.69) is 6.92 Å². The van der Waals surface area contributed by atoms with E-state index in [1.807, 2.05) is 18.2 Å². The SMILES string of the molecule is [CH2]C(O)Oc1ccc(-c2ccccc2)c([N+](=O)[O-])c1. The number of nitro benzene ring substituents is 1. The third-order valence-corrected chi connectivity index (χ3v) is 2.52. The zero-order valence-corrected chi connectivity index (χ0v) is 10.0. The second-order valence-corrected chi connectivity index (χ2v) is 3.87. The maximum atomic E-state index is 11.1. The predicted molar refractivity (Wildman–Crippen MR) is 70.5 cm³/mol. The lowest BCUT2D eigenvalue weighted by atomic mass is 10.0. The van der Waals surface area contributed by atoms with Gasteiger partial charge in [0.15, 0.2) is 6.29 Å². The molecule has 0 aliphatic rings. The van der Waals surface area contributed by atoms with Crippen LogP contribution in [0.1, 0.15) is 0 Å². The molecule has 1 unspecified atom stereocenters. The molecule has 5 nitrogen and oxygen atoms in total. The first-order valence-electron chi connectivity index (χ1n) is 5.59. The summed E-state index contributed by atoms with van der Waals surface area (Å²) >= 11 is 0. The molecule has 5 heteroatoms. The van der Waals surface area contributed by atoms with Crippen LogP contribution in [0.4, 0.5) is 5.69 Å². The molecule has 2 rings (SSSR count). The molecule has 19 heavy (non-hydrogen) atoms. The van der Waals surface area contributed by atoms with Crippen molar-refractivity contribution in [3.05, 3.63) is 65.6 Å². The monoisotopic (exact) mass is 258 g/mol. The predicted octanol–water partition coefficient (Wildman–Crippen LogP) is 2.79. The Labute approximate surface area is 110 Å². The fraction of sp³-hybridized carbons (Fsp3) is 0.0714. The van der Waals surface area contributed by atoms with Gasteiger partial charge in [-0.3, -0.25) is 10.1 Å². The molecule has 0 saturated heterocycles. The lowest BCUT2D eigenvalue weighted by Crippen LogP contribution is -2.10. The Hall–Kier alpha value is -2.40. The lowest BCUT2D eigenvalue weighted by molar-refractivity contribution is -0.384. The van der Waals surface area contributed by atoms with E-state index < -0.39 is 11.2 Å². The Bertz CT molecular complexity index is 581. The minimum atomic E-state index is -1.26. The van der Waals surface area contributed by atoms with Crippen LogP contribution in [0.25, 0.3) is 11.1 Å². The molecule has 0 bridgehead atoms. The van der Waals surface area contributed by atoms with Crippen molar-refractivity contribution in [2.45, 2.75) is 6.29 Å². The second kappa shape index (κ2) is 5.49. The van der Waals surface area contributed by atoms with Crippen LogP contribution < -0.4 is 4.74 Å². The molecule has 0 fully saturated rings. The minimum absolute atomic E-state index is 0.0793. The van der Waals surface area contributed by atoms with Gasteiger partial charge < -0.3 is 9.84 Å². The van der Waals surface area contributed by atoms with E-state index in [1.54, 1.807) is 24.3 Å². The fourth-order valence-electron chi connectivity index (χ4n) is 1.75. The molecule has 2 aromatic carbocycles. The quantitative estimate of drug-likeness (QED) is 0.520. The molecule has 0 aliphatic heterocycles. The van der Waals surface area contributed by atoms with Gasteiger partial charge in [0, 0.05) is 6.92 Å². The average molecular weight is 258 g/mol. The Morgan fingerprint density at radius 2 is 1.89 bits per heavy atom. The van der Waals surface area contributed by atoms with Gasteiger partial charge in [0.2, 0.25) is 0 Å². The van der Waals surface area contributed by atoms with Crippen LogP contribution in [0.5, 0.6) is 5.75 Å². The number of rotatable bonds is 4. The van der Waals surface area contributed by atoms with Gasteiger partial charge in [-0.2, -0.15) is 0 Å². The molecule has 0 aliphatic carbocycles. The standard InChI is InChI=1S/C14H12NO4/c1-10(16)19-12-7-8-13(14(9-12)15(17)18)11-5-3-2-4-6-11/h2-10,16H,1H2. The van der Waals surface area contributed by atoms with Gasteiger partial charge in [-0.25, -0.2) is 0 Å². The van der Waals surface area contributed by atoms with Crippen molar-refractivity contribution >= 4 is 5.69 Å². The fourth-order valence-corrected chi connectivity index (χ4v) is 1.75. The molecule has 97 valence electrons. The minimum Gasteiger partial charge on any atom is -0.465 e. The highest BCUT2D eigenvalue weighted by Crippen LogP contribution is 2.33. The lowest BCUT2D eigenvalue weighted by Gasteiger charge is -2.10. The maximum absolute atomic E-state index is 11.1. The third kappa shape index (κ3) is 3.08. The molecule has 0 spiro atoms. The van der Waals surface area contributed by atoms with Gasteiger partial charge in [-0.05, 0) is 17.7 Å². The number of aliphatic hydroxyl groups excluding tert-OH is 1. The van der Waals surface area contributed by atoms with Crippen LogP contribution in [0, 0.1) is 17.0 Å². The summed E-state index contributed by atoms with van der Waals surface area (Å²) in [7, 11) is 0. The van der Waals surface area contributed by atoms with Gasteiger partial charge in [0.1, 0.15) is 5.75 Å². The number of hydrogen-bond acceptors (Lipinski definition) is 4. The molecule has 1 atom stereocenters. The first-order chi connectivity index (χ1) is 9.08. The van der Waals surface area contributed by atoms with Crippen LogP contribution >= 0.6 is 0 Å². The van der Waals surface area contributed by atoms with Gasteiger partial charge in [0.05, 0.1) is 16.6 Å². The summed E-state index contributed by atoms with van der Waals surface area (Å²) in [5.74, 6) is 0.203. The molecule has 1 radical (unpaired) electrons. The van der Waals surface area contributed by atoms with Crippen molar-refractivity contribution in [1.29, 1.82) is 0 Å². The van der Waals surface area contributed by atoms with E-state index in [0.29, 0.717) is 5.56 Å². The highest BCUT2D eigenvalue weighted by molar-refractivity contribution is 5.74. The molecule has 0 amide bonds. The molecule has 0 aromatic heterocycles. The maximum Gasteiger partial charge on any atom is 0.280 e. The summed E-state index contributed by atoms with van der Waals surface area (Å²) in [6.45, 7) is 3.25. The summed E-state index contributed by atoms with van der Waals surface area (Å²) in [5.41, 5.74) is 1.16. The van der Waals surface area contributed by atoms with Crippen LogP contribution in [0.2, 0.25) is 0 Å². The molecule has 2 aromatic rings. The van der Waals surface area contributed by atoms with Crippen molar-refractivity contribution < 1.29 is 14.8 Å². The summed E-state index contributed by atoms with van der Waals surface area (Å²) in [4.78, 5) is 10.6. The van der Waals surface area contributed by atoms with E-state index in [0.717, 1.165) is 5.56 Å². The van der Waals surface area contributed by atoms with Crippen LogP contribution in [0.15, 0.2) is 48.5 Å². The Balaban J connectivity index is 2.47. The Morgan fingerprint density at radius 3 is 2.47 bits per heavy atom. The van der Waals surface area contributed by atoms with Crippen LogP contribution in [-0.4, -0.2) is 16.3 Å². The number of benzene rings is 2. The Kier molecular flexibility index (Phi) is 3.77. The van der Waals surface area contributed by atoms with Gasteiger partial charge >= 0.3 is 0 Å². The normalized spacial score (nSPS) is 11.9. The zero-order chi connectivity index (χ0) is 13.8. The highest BCUT2D eigenvalue weighted by atomic mass is 16.6. The van der Waals surface area contributed by atoms with Gasteiger partial charge in [-0.15, -0.1) is 0 Å². The van der Waals surface area contributed by atoms with Crippen molar-refractivity contribution in [3.8, 4) is 16.9 Å². The number of ether oxygens (including phenoxy) is 1. The Morgan fingerprint density at radius 1 is 1.21 bits per heavy atom. The topological polar surface area (TPSA) is 72.6 Å². The van der Waals surface area contributed by atoms with E-state index in [9.17, 15) is 10.1 Å². The first-order valence-corrected chi connectivity index (χ1v) is 5.59. The first kappa shape index (κ1) is 13.0. The van der Waals surface area contributed by atoms with Gasteiger partial charge in [0.25, 0.3) is 5.69 Å². The molecule has 0 heterocycles. The average Bonchev–Trinajstić information content (AvgIpc) is 2.39. The van der Waals surface area contributed by atoms with Crippen molar-refractivity contribution in [1.82, 2.24) is 0 Å². The zero-order valence-electron chi connectivity index (χ0n) is 10.0. The molecular formula is C14H12NO4. The van der Waals surface area contributed by atoms with Crippen molar-refractivity contribution in [2.24, 2.45) is 0 Å². The van der Waals surface area contributed by atoms with E-state index in [1.165, 1.54) is 6.07 Å². The smallest absolute Gasteiger partial charge is 0.280 e. The summed E-state index contributed by atoms with van der Waals surface area (Å²) in [6, 6.07) is 13.5. The molecular weight excluding hydrogens is 246 g/mol. The van der Waals surface area contributed by atoms with Crippen LogP contribution in [0.3, 0.4) is 0 Å². The van der Waals surface area contributed by atoms with Crippen molar-refractivity contribution in [2.75, 3.05) is 0 Å². The number of aliphatic hydroxyl groups is 1. The van der Waals surface area contributed by atoms with E-state index in [-0.39, 0.29) is 11.4 Å². The van der Waals surface area contributed by atoms with Gasteiger partial charge in [-0.1, -0.05) is 30.3 Å². The molecule has 0 saturated carbocycles. The largest absolute Gasteiger partial charge is 0.465 e. The second-order valence-electron chi connectivity index (χ2n) is 3.87. The van der Waals surface area contributed by atoms with E-state index in [4.69, 9.17) is 9.84 Å². The van der Waals surface area contributed by atoms with E-state index >= 15 is 0 Å². The summed E-state index contributed by atoms with van der Waals surface area (Å²) in [6.07, 6.45) is -1.26. The van der Waals surface area contributed by atoms with Crippen molar-refractivity contribution in [3.63, 3.8) is 0 Å². The number of nitro groups is 1. The number of hydrogen-bond donors (Lipinski definition) is 1. The highest BCUT2D eigenvalue weighted by Gasteiger charge is 2.17. The van der Waals surface area contributed by atoms with Crippen LogP contribution in [-0.2, 0) is 0 Å². The molecule has 1 N–H and O–H groups in total. The third-order valence-electron chi connectivity index (χ3n) is 2.52. The number of nitrogens with zero attached hydrogens (tertiary/aromatic N) is 1. The summed E-state index contributed by atoms with van der Waals surface area (Å²) < 4.78 is 4.94.